The van der Waals surface area contributed by atoms with Crippen LogP contribution in [0.15, 0.2) is 93.9 Å². The molecule has 5 rings (SSSR count). The third-order valence-corrected chi connectivity index (χ3v) is 5.76. The van der Waals surface area contributed by atoms with E-state index in [1.807, 2.05) is 30.3 Å². The topological polar surface area (TPSA) is 25.8 Å². The summed E-state index contributed by atoms with van der Waals surface area (Å²) in [6.07, 6.45) is 0. The first-order valence-electron chi connectivity index (χ1n) is 8.90. The molecule has 0 atom stereocenters. The first kappa shape index (κ1) is 17.5. The molecule has 0 radical (unpaired) electrons. The zero-order chi connectivity index (χ0) is 19.1. The van der Waals surface area contributed by atoms with Crippen molar-refractivity contribution in [3.63, 3.8) is 0 Å². The van der Waals surface area contributed by atoms with Gasteiger partial charge in [-0.1, -0.05) is 86.5 Å². The van der Waals surface area contributed by atoms with Crippen molar-refractivity contribution in [1.82, 2.24) is 9.97 Å². The van der Waals surface area contributed by atoms with Crippen molar-refractivity contribution in [3.8, 4) is 22.6 Å². The van der Waals surface area contributed by atoms with Gasteiger partial charge in [0.1, 0.15) is 0 Å². The van der Waals surface area contributed by atoms with Gasteiger partial charge in [-0.2, -0.15) is 0 Å². The van der Waals surface area contributed by atoms with E-state index in [4.69, 9.17) is 9.97 Å². The average Bonchev–Trinajstić information content (AvgIpc) is 2.73. The highest BCUT2D eigenvalue weighted by Gasteiger charge is 2.14. The molecule has 134 valence electrons. The lowest BCUT2D eigenvalue weighted by atomic mass is 10.0. The van der Waals surface area contributed by atoms with E-state index in [-0.39, 0.29) is 0 Å². The van der Waals surface area contributed by atoms with E-state index < -0.39 is 0 Å². The number of aromatic nitrogens is 2. The van der Waals surface area contributed by atoms with E-state index in [9.17, 15) is 0 Å². The van der Waals surface area contributed by atoms with Crippen LogP contribution in [0.1, 0.15) is 0 Å². The summed E-state index contributed by atoms with van der Waals surface area (Å²) in [7, 11) is 0. The summed E-state index contributed by atoms with van der Waals surface area (Å²) in [6, 6.07) is 29.0. The van der Waals surface area contributed by atoms with Crippen LogP contribution in [0.2, 0.25) is 0 Å². The highest BCUT2D eigenvalue weighted by Crippen LogP contribution is 2.34. The largest absolute Gasteiger partial charge is 0.227 e. The SMILES string of the molecule is Brc1cccc(-c2nc(-c3cccc(Br)c3)c3ccc4ccccc4c3n2)c1. The molecule has 0 aliphatic carbocycles. The summed E-state index contributed by atoms with van der Waals surface area (Å²) < 4.78 is 2.04. The molecule has 0 unspecified atom stereocenters. The summed E-state index contributed by atoms with van der Waals surface area (Å²) in [4.78, 5) is 9.96. The lowest BCUT2D eigenvalue weighted by Gasteiger charge is -2.12. The lowest BCUT2D eigenvalue weighted by molar-refractivity contribution is 1.23. The van der Waals surface area contributed by atoms with Crippen molar-refractivity contribution in [2.45, 2.75) is 0 Å². The zero-order valence-corrected chi connectivity index (χ0v) is 17.9. The summed E-state index contributed by atoms with van der Waals surface area (Å²) in [6.45, 7) is 0. The Kier molecular flexibility index (Phi) is 4.46. The van der Waals surface area contributed by atoms with Crippen LogP contribution in [0.5, 0.6) is 0 Å². The van der Waals surface area contributed by atoms with Crippen LogP contribution in [0.4, 0.5) is 0 Å². The third kappa shape index (κ3) is 3.13. The van der Waals surface area contributed by atoms with Crippen molar-refractivity contribution in [1.29, 1.82) is 0 Å². The van der Waals surface area contributed by atoms with Gasteiger partial charge in [0.25, 0.3) is 0 Å². The molecule has 0 aliphatic heterocycles. The van der Waals surface area contributed by atoms with E-state index in [2.05, 4.69) is 86.5 Å². The van der Waals surface area contributed by atoms with E-state index in [0.29, 0.717) is 0 Å². The average molecular weight is 490 g/mol. The number of fused-ring (bicyclic) bond motifs is 3. The number of benzene rings is 4. The van der Waals surface area contributed by atoms with Gasteiger partial charge in [0.2, 0.25) is 0 Å². The quantitative estimate of drug-likeness (QED) is 0.238. The van der Waals surface area contributed by atoms with Crippen LogP contribution in [0, 0.1) is 0 Å². The maximum Gasteiger partial charge on any atom is 0.160 e. The molecule has 28 heavy (non-hydrogen) atoms. The van der Waals surface area contributed by atoms with E-state index in [0.717, 1.165) is 47.9 Å². The molecular weight excluding hydrogens is 476 g/mol. The molecule has 0 spiro atoms. The maximum atomic E-state index is 4.98. The van der Waals surface area contributed by atoms with Crippen molar-refractivity contribution in [3.05, 3.63) is 93.9 Å². The number of hydrogen-bond donors (Lipinski definition) is 0. The Morgan fingerprint density at radius 3 is 2.07 bits per heavy atom. The summed E-state index contributed by atoms with van der Waals surface area (Å²) in [5.41, 5.74) is 3.96. The number of rotatable bonds is 2. The minimum atomic E-state index is 0.722. The highest BCUT2D eigenvalue weighted by molar-refractivity contribution is 9.10. The zero-order valence-electron chi connectivity index (χ0n) is 14.7. The molecule has 4 heteroatoms. The van der Waals surface area contributed by atoms with Crippen molar-refractivity contribution < 1.29 is 0 Å². The predicted octanol–water partition coefficient (Wildman–Crippen LogP) is 7.64. The van der Waals surface area contributed by atoms with Crippen LogP contribution in [0.3, 0.4) is 0 Å². The molecule has 1 heterocycles. The van der Waals surface area contributed by atoms with Gasteiger partial charge in [0.15, 0.2) is 5.82 Å². The molecule has 1 aromatic heterocycles. The summed E-state index contributed by atoms with van der Waals surface area (Å²) in [5, 5.41) is 3.36. The molecule has 0 N–H and O–H groups in total. The lowest BCUT2D eigenvalue weighted by Crippen LogP contribution is -1.96. The summed E-state index contributed by atoms with van der Waals surface area (Å²) in [5.74, 6) is 0.722. The fourth-order valence-corrected chi connectivity index (χ4v) is 4.27. The molecule has 0 saturated carbocycles. The van der Waals surface area contributed by atoms with Gasteiger partial charge in [0.05, 0.1) is 11.2 Å². The van der Waals surface area contributed by atoms with Crippen molar-refractivity contribution >= 4 is 53.5 Å². The molecule has 0 fully saturated rings. The molecule has 0 aliphatic rings. The van der Waals surface area contributed by atoms with Gasteiger partial charge in [-0.3, -0.25) is 0 Å². The monoisotopic (exact) mass is 488 g/mol. The Morgan fingerprint density at radius 1 is 0.571 bits per heavy atom. The van der Waals surface area contributed by atoms with Gasteiger partial charge in [0, 0.05) is 30.8 Å². The van der Waals surface area contributed by atoms with Gasteiger partial charge in [-0.05, 0) is 35.7 Å². The molecule has 0 bridgehead atoms. The predicted molar refractivity (Wildman–Crippen MR) is 123 cm³/mol. The maximum absolute atomic E-state index is 4.98. The van der Waals surface area contributed by atoms with E-state index in [1.54, 1.807) is 0 Å². The Balaban J connectivity index is 1.90. The Labute approximate surface area is 179 Å². The molecule has 0 amide bonds. The minimum absolute atomic E-state index is 0.722. The van der Waals surface area contributed by atoms with Crippen LogP contribution in [0.25, 0.3) is 44.3 Å². The Hall–Kier alpha value is -2.56. The molecule has 0 saturated heterocycles. The fourth-order valence-electron chi connectivity index (χ4n) is 3.48. The van der Waals surface area contributed by atoms with Crippen molar-refractivity contribution in [2.75, 3.05) is 0 Å². The van der Waals surface area contributed by atoms with Crippen LogP contribution >= 0.6 is 31.9 Å². The highest BCUT2D eigenvalue weighted by atomic mass is 79.9. The van der Waals surface area contributed by atoms with Gasteiger partial charge >= 0.3 is 0 Å². The van der Waals surface area contributed by atoms with Crippen LogP contribution in [-0.2, 0) is 0 Å². The standard InChI is InChI=1S/C24H14Br2N2/c25-18-8-3-6-16(13-18)22-21-12-11-15-5-1-2-10-20(15)23(21)28-24(27-22)17-7-4-9-19(26)14-17/h1-14H. The number of halogens is 2. The first-order valence-corrected chi connectivity index (χ1v) is 10.5. The second kappa shape index (κ2) is 7.12. The number of hydrogen-bond acceptors (Lipinski definition) is 2. The first-order chi connectivity index (χ1) is 13.7. The number of nitrogens with zero attached hydrogens (tertiary/aromatic N) is 2. The third-order valence-electron chi connectivity index (χ3n) is 4.77. The summed E-state index contributed by atoms with van der Waals surface area (Å²) >= 11 is 7.15. The van der Waals surface area contributed by atoms with E-state index >= 15 is 0 Å². The van der Waals surface area contributed by atoms with Gasteiger partial charge in [-0.25, -0.2) is 9.97 Å². The normalized spacial score (nSPS) is 11.2. The molecule has 4 aromatic carbocycles. The van der Waals surface area contributed by atoms with Gasteiger partial charge in [-0.15, -0.1) is 0 Å². The second-order valence-electron chi connectivity index (χ2n) is 6.60. The second-order valence-corrected chi connectivity index (χ2v) is 8.43. The smallest absolute Gasteiger partial charge is 0.160 e. The fraction of sp³-hybridized carbons (Fsp3) is 0. The van der Waals surface area contributed by atoms with Crippen LogP contribution in [-0.4, -0.2) is 9.97 Å². The molecule has 2 nitrogen and oxygen atoms in total. The van der Waals surface area contributed by atoms with E-state index in [1.165, 1.54) is 5.39 Å². The Morgan fingerprint density at radius 2 is 1.29 bits per heavy atom. The molecule has 5 aromatic rings. The molecular formula is C24H14Br2N2. The van der Waals surface area contributed by atoms with Crippen LogP contribution < -0.4 is 0 Å². The Bertz CT molecular complexity index is 1350. The van der Waals surface area contributed by atoms with Gasteiger partial charge < -0.3 is 0 Å². The van der Waals surface area contributed by atoms with Crippen molar-refractivity contribution in [2.24, 2.45) is 0 Å². The minimum Gasteiger partial charge on any atom is -0.227 e.